The number of phenols is 1. The van der Waals surface area contributed by atoms with Gasteiger partial charge in [0.1, 0.15) is 22.4 Å². The second-order valence-corrected chi connectivity index (χ2v) is 11.6. The third-order valence-electron chi connectivity index (χ3n) is 5.25. The molecule has 4 nitrogen and oxygen atoms in total. The van der Waals surface area contributed by atoms with E-state index in [1.165, 1.54) is 11.8 Å². The van der Waals surface area contributed by atoms with Gasteiger partial charge in [-0.2, -0.15) is 0 Å². The lowest BCUT2D eigenvalue weighted by Gasteiger charge is -2.28. The number of amides is 1. The van der Waals surface area contributed by atoms with Crippen LogP contribution in [-0.2, 0) is 15.6 Å². The first kappa shape index (κ1) is 24.3. The van der Waals surface area contributed by atoms with Gasteiger partial charge in [-0.05, 0) is 46.7 Å². The van der Waals surface area contributed by atoms with Gasteiger partial charge in [-0.15, -0.1) is 0 Å². The summed E-state index contributed by atoms with van der Waals surface area (Å²) in [6, 6.07) is 13.5. The summed E-state index contributed by atoms with van der Waals surface area (Å²) in [5.41, 5.74) is 2.15. The molecule has 0 saturated carbocycles. The van der Waals surface area contributed by atoms with Gasteiger partial charge in [0, 0.05) is 11.1 Å². The number of benzene rings is 2. The molecule has 1 fully saturated rings. The molecule has 32 heavy (non-hydrogen) atoms. The van der Waals surface area contributed by atoms with E-state index in [1.807, 2.05) is 48.5 Å². The molecule has 0 atom stereocenters. The largest absolute Gasteiger partial charge is 0.507 e. The Bertz CT molecular complexity index is 1010. The van der Waals surface area contributed by atoms with Crippen molar-refractivity contribution in [3.63, 3.8) is 0 Å². The van der Waals surface area contributed by atoms with Crippen molar-refractivity contribution in [1.29, 1.82) is 0 Å². The first-order valence-electron chi connectivity index (χ1n) is 10.7. The highest BCUT2D eigenvalue weighted by atomic mass is 32.2. The Morgan fingerprint density at radius 2 is 1.59 bits per heavy atom. The molecular weight excluding hydrogens is 438 g/mol. The van der Waals surface area contributed by atoms with Crippen LogP contribution in [0.25, 0.3) is 6.08 Å². The highest BCUT2D eigenvalue weighted by molar-refractivity contribution is 8.26. The van der Waals surface area contributed by atoms with Gasteiger partial charge in [0.2, 0.25) is 0 Å². The average molecular weight is 470 g/mol. The van der Waals surface area contributed by atoms with Crippen molar-refractivity contribution in [2.24, 2.45) is 0 Å². The molecule has 2 aromatic carbocycles. The molecule has 1 saturated heterocycles. The summed E-state index contributed by atoms with van der Waals surface area (Å²) in [5.74, 6) is 0.981. The first-order valence-corrected chi connectivity index (χ1v) is 11.9. The summed E-state index contributed by atoms with van der Waals surface area (Å²) in [7, 11) is 0. The molecule has 1 aliphatic heterocycles. The van der Waals surface area contributed by atoms with Crippen LogP contribution in [0.3, 0.4) is 0 Å². The van der Waals surface area contributed by atoms with Gasteiger partial charge in [-0.25, -0.2) is 0 Å². The molecule has 0 aromatic heterocycles. The molecule has 170 valence electrons. The zero-order valence-corrected chi connectivity index (χ0v) is 21.2. The summed E-state index contributed by atoms with van der Waals surface area (Å²) in [6.07, 6.45) is 1.88. The molecule has 0 radical (unpaired) electrons. The molecule has 6 heteroatoms. The van der Waals surface area contributed by atoms with E-state index >= 15 is 0 Å². The monoisotopic (exact) mass is 469 g/mol. The van der Waals surface area contributed by atoms with Crippen molar-refractivity contribution in [1.82, 2.24) is 4.90 Å². The number of carbonyl (C=O) groups is 1. The number of rotatable bonds is 5. The molecule has 1 heterocycles. The van der Waals surface area contributed by atoms with Crippen LogP contribution in [0, 0.1) is 0 Å². The standard InChI is InChI=1S/C26H31NO3S2/c1-25(2,3)19-14-17(15-20(22(19)28)26(4,5)6)16-21-23(29)27(24(31)32-21)12-13-30-18-10-8-7-9-11-18/h7-11,14-16,28H,12-13H2,1-6H3/b21-16-. The predicted octanol–water partition coefficient (Wildman–Crippen LogP) is 6.27. The molecule has 1 aliphatic rings. The number of para-hydroxylation sites is 1. The lowest BCUT2D eigenvalue weighted by atomic mass is 9.78. The topological polar surface area (TPSA) is 49.8 Å². The summed E-state index contributed by atoms with van der Waals surface area (Å²) in [6.45, 7) is 13.2. The quantitative estimate of drug-likeness (QED) is 0.413. The van der Waals surface area contributed by atoms with Crippen molar-refractivity contribution >= 4 is 40.3 Å². The van der Waals surface area contributed by atoms with Crippen LogP contribution in [0.15, 0.2) is 47.4 Å². The highest BCUT2D eigenvalue weighted by Crippen LogP contribution is 2.41. The van der Waals surface area contributed by atoms with Crippen LogP contribution in [0.1, 0.15) is 58.2 Å². The van der Waals surface area contributed by atoms with Crippen LogP contribution in [0.4, 0.5) is 0 Å². The molecule has 3 rings (SSSR count). The minimum Gasteiger partial charge on any atom is -0.507 e. The number of thioether (sulfide) groups is 1. The van der Waals surface area contributed by atoms with Crippen molar-refractivity contribution in [3.8, 4) is 11.5 Å². The zero-order valence-electron chi connectivity index (χ0n) is 19.6. The van der Waals surface area contributed by atoms with Gasteiger partial charge in [0.15, 0.2) is 0 Å². The Morgan fingerprint density at radius 1 is 1.03 bits per heavy atom. The number of hydrogen-bond acceptors (Lipinski definition) is 5. The molecular formula is C26H31NO3S2. The minimum absolute atomic E-state index is 0.112. The molecule has 0 spiro atoms. The summed E-state index contributed by atoms with van der Waals surface area (Å²) in [4.78, 5) is 15.2. The number of nitrogens with zero attached hydrogens (tertiary/aromatic N) is 1. The maximum Gasteiger partial charge on any atom is 0.266 e. The van der Waals surface area contributed by atoms with Gasteiger partial charge in [-0.1, -0.05) is 83.7 Å². The average Bonchev–Trinajstić information content (AvgIpc) is 2.95. The van der Waals surface area contributed by atoms with Gasteiger partial charge in [-0.3, -0.25) is 9.69 Å². The van der Waals surface area contributed by atoms with Crippen LogP contribution in [-0.4, -0.2) is 33.4 Å². The molecule has 0 unspecified atom stereocenters. The summed E-state index contributed by atoms with van der Waals surface area (Å²) in [5, 5.41) is 10.9. The predicted molar refractivity (Wildman–Crippen MR) is 137 cm³/mol. The fraction of sp³-hybridized carbons (Fsp3) is 0.385. The van der Waals surface area contributed by atoms with Crippen LogP contribution >= 0.6 is 24.0 Å². The smallest absolute Gasteiger partial charge is 0.266 e. The third-order valence-corrected chi connectivity index (χ3v) is 6.62. The van der Waals surface area contributed by atoms with Crippen LogP contribution in [0.5, 0.6) is 11.5 Å². The Morgan fingerprint density at radius 3 is 2.12 bits per heavy atom. The SMILES string of the molecule is CC(C)(C)c1cc(/C=C2\SC(=S)N(CCOc3ccccc3)C2=O)cc(C(C)(C)C)c1O. The summed E-state index contributed by atoms with van der Waals surface area (Å²) >= 11 is 6.77. The maximum absolute atomic E-state index is 13.0. The second-order valence-electron chi connectivity index (χ2n) is 9.96. The van der Waals surface area contributed by atoms with Crippen molar-refractivity contribution in [2.45, 2.75) is 52.4 Å². The highest BCUT2D eigenvalue weighted by Gasteiger charge is 2.32. The van der Waals surface area contributed by atoms with Crippen LogP contribution in [0.2, 0.25) is 0 Å². The lowest BCUT2D eigenvalue weighted by Crippen LogP contribution is -2.32. The van der Waals surface area contributed by atoms with E-state index in [9.17, 15) is 9.90 Å². The Kier molecular flexibility index (Phi) is 7.06. The van der Waals surface area contributed by atoms with E-state index < -0.39 is 0 Å². The van der Waals surface area contributed by atoms with Crippen molar-refractivity contribution in [2.75, 3.05) is 13.2 Å². The fourth-order valence-corrected chi connectivity index (χ4v) is 4.81. The Balaban J connectivity index is 1.85. The minimum atomic E-state index is -0.235. The first-order chi connectivity index (χ1) is 14.9. The van der Waals surface area contributed by atoms with E-state index in [0.29, 0.717) is 28.1 Å². The van der Waals surface area contributed by atoms with Gasteiger partial charge in [0.05, 0.1) is 11.4 Å². The van der Waals surface area contributed by atoms with Crippen molar-refractivity contribution in [3.05, 3.63) is 64.1 Å². The molecule has 2 aromatic rings. The Labute approximate surface area is 200 Å². The molecule has 1 amide bonds. The van der Waals surface area contributed by atoms with E-state index in [-0.39, 0.29) is 16.7 Å². The van der Waals surface area contributed by atoms with Gasteiger partial charge < -0.3 is 9.84 Å². The number of phenolic OH excluding ortho intramolecular Hbond substituents is 1. The Hall–Kier alpha value is -2.31. The normalized spacial score (nSPS) is 16.2. The van der Waals surface area contributed by atoms with E-state index in [1.54, 1.807) is 4.90 Å². The number of carbonyl (C=O) groups excluding carboxylic acids is 1. The zero-order chi connectivity index (χ0) is 23.7. The molecule has 0 bridgehead atoms. The maximum atomic E-state index is 13.0. The van der Waals surface area contributed by atoms with E-state index in [0.717, 1.165) is 22.4 Å². The molecule has 1 N–H and O–H groups in total. The molecule has 0 aliphatic carbocycles. The number of thiocarbonyl (C=S) groups is 1. The number of aromatic hydroxyl groups is 1. The number of hydrogen-bond donors (Lipinski definition) is 1. The second kappa shape index (κ2) is 9.28. The van der Waals surface area contributed by atoms with Gasteiger partial charge >= 0.3 is 0 Å². The summed E-state index contributed by atoms with van der Waals surface area (Å²) < 4.78 is 6.26. The lowest BCUT2D eigenvalue weighted by molar-refractivity contribution is -0.122. The number of ether oxygens (including phenoxy) is 1. The third kappa shape index (κ3) is 5.54. The van der Waals surface area contributed by atoms with E-state index in [4.69, 9.17) is 17.0 Å². The van der Waals surface area contributed by atoms with Crippen LogP contribution < -0.4 is 4.74 Å². The fourth-order valence-electron chi connectivity index (χ4n) is 3.50. The van der Waals surface area contributed by atoms with Crippen molar-refractivity contribution < 1.29 is 14.6 Å². The van der Waals surface area contributed by atoms with Gasteiger partial charge in [0.25, 0.3) is 5.91 Å². The van der Waals surface area contributed by atoms with E-state index in [2.05, 4.69) is 41.5 Å².